The predicted octanol–water partition coefficient (Wildman–Crippen LogP) is 4.07. The lowest BCUT2D eigenvalue weighted by atomic mass is 10.1. The van der Waals surface area contributed by atoms with Crippen molar-refractivity contribution < 1.29 is 9.59 Å². The Kier molecular flexibility index (Phi) is 10.4. The average molecular weight is 536 g/mol. The Morgan fingerprint density at radius 1 is 0.632 bits per heavy atom. The summed E-state index contributed by atoms with van der Waals surface area (Å²) in [6.07, 6.45) is 0. The number of nitrogens with one attached hydrogen (secondary N) is 2. The first-order chi connectivity index (χ1) is 17.6. The highest BCUT2D eigenvalue weighted by Gasteiger charge is 2.14. The number of nitrogen functional groups attached to an aromatic ring is 1. The molecular formula is C28H34ClN7O2. The van der Waals surface area contributed by atoms with E-state index < -0.39 is 0 Å². The molecule has 0 saturated heterocycles. The molecule has 0 unspecified atom stereocenters. The number of halogens is 1. The normalized spacial score (nSPS) is 11.3. The van der Waals surface area contributed by atoms with Crippen molar-refractivity contribution in [1.82, 2.24) is 9.80 Å². The number of aliphatic imine (C=N–C) groups is 2. The molecule has 0 spiro atoms. The van der Waals surface area contributed by atoms with Gasteiger partial charge < -0.3 is 26.2 Å². The molecule has 0 saturated carbocycles. The fourth-order valence-corrected chi connectivity index (χ4v) is 3.90. The summed E-state index contributed by atoms with van der Waals surface area (Å²) < 4.78 is 0. The monoisotopic (exact) mass is 535 g/mol. The van der Waals surface area contributed by atoms with Gasteiger partial charge in [-0.3, -0.25) is 19.6 Å². The molecule has 4 N–H and O–H groups in total. The smallest absolute Gasteiger partial charge is 0.255 e. The highest BCUT2D eigenvalue weighted by atomic mass is 35.5. The summed E-state index contributed by atoms with van der Waals surface area (Å²) in [7, 11) is 11.1. The van der Waals surface area contributed by atoms with Crippen LogP contribution in [0.15, 0.2) is 76.7 Å². The Hall–Kier alpha value is -4.37. The maximum Gasteiger partial charge on any atom is 0.255 e. The number of carbonyl (C=O) groups is 2. The summed E-state index contributed by atoms with van der Waals surface area (Å²) in [5.74, 6) is 0.919. The summed E-state index contributed by atoms with van der Waals surface area (Å²) in [6, 6.07) is 19.3. The second-order valence-electron chi connectivity index (χ2n) is 8.79. The molecule has 3 rings (SSSR count). The lowest BCUT2D eigenvalue weighted by Gasteiger charge is -2.16. The third-order valence-corrected chi connectivity index (χ3v) is 5.55. The number of anilines is 3. The molecule has 10 heteroatoms. The maximum atomic E-state index is 12.9. The third kappa shape index (κ3) is 7.33. The Labute approximate surface area is 229 Å². The van der Waals surface area contributed by atoms with Crippen molar-refractivity contribution in [2.24, 2.45) is 9.98 Å². The van der Waals surface area contributed by atoms with Gasteiger partial charge in [0.25, 0.3) is 11.8 Å². The van der Waals surface area contributed by atoms with Crippen LogP contribution in [0.3, 0.4) is 0 Å². The van der Waals surface area contributed by atoms with E-state index in [4.69, 9.17) is 5.73 Å². The largest absolute Gasteiger partial charge is 0.399 e. The average Bonchev–Trinajstić information content (AvgIpc) is 2.86. The van der Waals surface area contributed by atoms with Crippen molar-refractivity contribution in [2.75, 3.05) is 58.7 Å². The van der Waals surface area contributed by atoms with Gasteiger partial charge in [0.2, 0.25) is 0 Å². The van der Waals surface area contributed by atoms with Crippen LogP contribution >= 0.6 is 12.4 Å². The van der Waals surface area contributed by atoms with Crippen molar-refractivity contribution in [3.05, 3.63) is 89.0 Å². The zero-order chi connectivity index (χ0) is 27.1. The molecule has 0 atom stereocenters. The summed E-state index contributed by atoms with van der Waals surface area (Å²) in [4.78, 5) is 38.2. The second-order valence-corrected chi connectivity index (χ2v) is 8.79. The zero-order valence-corrected chi connectivity index (χ0v) is 23.3. The molecule has 0 bridgehead atoms. The molecule has 0 radical (unpaired) electrons. The maximum absolute atomic E-state index is 12.9. The number of amides is 2. The first-order valence-corrected chi connectivity index (χ1v) is 11.6. The van der Waals surface area contributed by atoms with Gasteiger partial charge in [-0.25, -0.2) is 0 Å². The van der Waals surface area contributed by atoms with Gasteiger partial charge in [0.15, 0.2) is 0 Å². The van der Waals surface area contributed by atoms with Gasteiger partial charge >= 0.3 is 0 Å². The Morgan fingerprint density at radius 2 is 0.974 bits per heavy atom. The molecule has 0 aromatic heterocycles. The van der Waals surface area contributed by atoms with E-state index >= 15 is 0 Å². The molecule has 0 fully saturated rings. The number of hydrogen-bond acceptors (Lipinski definition) is 5. The quantitative estimate of drug-likeness (QED) is 0.250. The first kappa shape index (κ1) is 29.9. The van der Waals surface area contributed by atoms with Crippen molar-refractivity contribution in [3.63, 3.8) is 0 Å². The van der Waals surface area contributed by atoms with Crippen LogP contribution in [0.2, 0.25) is 0 Å². The molecule has 3 aromatic carbocycles. The van der Waals surface area contributed by atoms with Gasteiger partial charge in [0.1, 0.15) is 11.7 Å². The van der Waals surface area contributed by atoms with Crippen LogP contribution in [-0.4, -0.2) is 75.6 Å². The van der Waals surface area contributed by atoms with Crippen LogP contribution in [0, 0.1) is 0 Å². The van der Waals surface area contributed by atoms with Crippen LogP contribution < -0.4 is 16.4 Å². The van der Waals surface area contributed by atoms with Crippen LogP contribution in [0.25, 0.3) is 0 Å². The van der Waals surface area contributed by atoms with Gasteiger partial charge in [-0.15, -0.1) is 12.4 Å². The summed E-state index contributed by atoms with van der Waals surface area (Å²) >= 11 is 0. The molecule has 3 aromatic rings. The molecule has 9 nitrogen and oxygen atoms in total. The van der Waals surface area contributed by atoms with Crippen molar-refractivity contribution >= 4 is 53.0 Å². The SMILES string of the molecule is CN=C(c1ccc(NC(=O)c2cc(N)cc(C(=O)Nc3ccc(C(=NC)N(C)C)cc3)c2)cc1)N(C)C.Cl. The Morgan fingerprint density at radius 3 is 1.26 bits per heavy atom. The van der Waals surface area contributed by atoms with Crippen molar-refractivity contribution in [3.8, 4) is 0 Å². The fourth-order valence-electron chi connectivity index (χ4n) is 3.90. The van der Waals surface area contributed by atoms with Crippen LogP contribution in [0.5, 0.6) is 0 Å². The molecule has 0 aliphatic carbocycles. The minimum absolute atomic E-state index is 0. The minimum atomic E-state index is -0.370. The van der Waals surface area contributed by atoms with E-state index in [1.807, 2.05) is 62.3 Å². The van der Waals surface area contributed by atoms with Crippen molar-refractivity contribution in [2.45, 2.75) is 0 Å². The lowest BCUT2D eigenvalue weighted by molar-refractivity contribution is 0.102. The van der Waals surface area contributed by atoms with Crippen molar-refractivity contribution in [1.29, 1.82) is 0 Å². The van der Waals surface area contributed by atoms with Crippen LogP contribution in [0.4, 0.5) is 17.1 Å². The van der Waals surface area contributed by atoms with Gasteiger partial charge in [0.05, 0.1) is 0 Å². The fraction of sp³-hybridized carbons (Fsp3) is 0.214. The van der Waals surface area contributed by atoms with E-state index in [0.29, 0.717) is 17.1 Å². The zero-order valence-electron chi connectivity index (χ0n) is 22.4. The van der Waals surface area contributed by atoms with Gasteiger partial charge in [0, 0.05) is 81.6 Å². The highest BCUT2D eigenvalue weighted by Crippen LogP contribution is 2.18. The van der Waals surface area contributed by atoms with Crippen LogP contribution in [0.1, 0.15) is 31.8 Å². The first-order valence-electron chi connectivity index (χ1n) is 11.6. The number of nitrogens with two attached hydrogens (primary N) is 1. The van der Waals surface area contributed by atoms with E-state index in [0.717, 1.165) is 22.8 Å². The standard InChI is InChI=1S/C28H33N7O2.ClH/c1-30-25(34(3)4)18-7-11-23(12-8-18)32-27(36)20-15-21(17-22(29)16-20)28(37)33-24-13-9-19(10-14-24)26(31-2)35(5)6;/h7-17H,29H2,1-6H3,(H,32,36)(H,33,37);1H. The number of rotatable bonds is 6. The van der Waals surface area contributed by atoms with E-state index in [1.165, 1.54) is 18.2 Å². The number of nitrogens with zero attached hydrogens (tertiary/aromatic N) is 4. The van der Waals surface area contributed by atoms with Gasteiger partial charge in [-0.1, -0.05) is 0 Å². The molecule has 0 heterocycles. The highest BCUT2D eigenvalue weighted by molar-refractivity contribution is 6.10. The van der Waals surface area contributed by atoms with Gasteiger partial charge in [-0.05, 0) is 66.7 Å². The topological polar surface area (TPSA) is 115 Å². The third-order valence-electron chi connectivity index (χ3n) is 5.55. The predicted molar refractivity (Wildman–Crippen MR) is 159 cm³/mol. The minimum Gasteiger partial charge on any atom is -0.399 e. The van der Waals surface area contributed by atoms with E-state index in [9.17, 15) is 9.59 Å². The number of hydrogen-bond donors (Lipinski definition) is 3. The van der Waals surface area contributed by atoms with E-state index in [-0.39, 0.29) is 35.3 Å². The molecule has 2 amide bonds. The summed E-state index contributed by atoms with van der Waals surface area (Å²) in [6.45, 7) is 0. The molecule has 200 valence electrons. The lowest BCUT2D eigenvalue weighted by Crippen LogP contribution is -2.23. The molecular weight excluding hydrogens is 502 g/mol. The Balaban J connectivity index is 0.00000507. The van der Waals surface area contributed by atoms with Crippen LogP contribution in [-0.2, 0) is 0 Å². The second kappa shape index (κ2) is 13.3. The van der Waals surface area contributed by atoms with E-state index in [1.54, 1.807) is 38.4 Å². The van der Waals surface area contributed by atoms with E-state index in [2.05, 4.69) is 20.6 Å². The number of amidine groups is 2. The molecule has 0 aliphatic rings. The molecule has 38 heavy (non-hydrogen) atoms. The Bertz CT molecular complexity index is 1230. The molecule has 0 aliphatic heterocycles. The number of benzene rings is 3. The summed E-state index contributed by atoms with van der Waals surface area (Å²) in [5.41, 5.74) is 9.99. The van der Waals surface area contributed by atoms with Gasteiger partial charge in [-0.2, -0.15) is 0 Å². The summed E-state index contributed by atoms with van der Waals surface area (Å²) in [5, 5.41) is 5.70. The number of carbonyl (C=O) groups excluding carboxylic acids is 2.